The summed E-state index contributed by atoms with van der Waals surface area (Å²) in [7, 11) is 0. The molecule has 0 fully saturated rings. The van der Waals surface area contributed by atoms with Gasteiger partial charge in [-0.3, -0.25) is 0 Å². The lowest BCUT2D eigenvalue weighted by Crippen LogP contribution is -2.00. The first-order chi connectivity index (χ1) is 24.2. The van der Waals surface area contributed by atoms with Crippen molar-refractivity contribution in [3.63, 3.8) is 0 Å². The van der Waals surface area contributed by atoms with Crippen LogP contribution in [0.5, 0.6) is 0 Å². The third kappa shape index (κ3) is 4.77. The van der Waals surface area contributed by atoms with Gasteiger partial charge in [0, 0.05) is 38.6 Å². The van der Waals surface area contributed by atoms with Crippen molar-refractivity contribution in [2.45, 2.75) is 0 Å². The first kappa shape index (κ1) is 27.6. The Hall–Kier alpha value is -6.51. The largest absolute Gasteiger partial charge is 0.456 e. The number of para-hydroxylation sites is 3. The monoisotopic (exact) mass is 649 g/mol. The van der Waals surface area contributed by atoms with Crippen LogP contribution in [0.15, 0.2) is 148 Å². The summed E-state index contributed by atoms with van der Waals surface area (Å²) in [6, 6.07) is 46.2. The molecule has 0 N–H and O–H groups in total. The Morgan fingerprint density at radius 3 is 1.92 bits per heavy atom. The first-order valence-corrected chi connectivity index (χ1v) is 16.6. The fraction of sp³-hybridized carbons (Fsp3) is 0. The van der Waals surface area contributed by atoms with Crippen LogP contribution in [0.25, 0.3) is 99.4 Å². The predicted octanol–water partition coefficient (Wildman–Crippen LogP) is 10.9. The predicted molar refractivity (Wildman–Crippen MR) is 195 cm³/mol. The minimum Gasteiger partial charge on any atom is -0.456 e. The van der Waals surface area contributed by atoms with E-state index in [4.69, 9.17) is 28.8 Å². The molecule has 230 valence electrons. The topological polar surface area (TPSA) is 90.7 Å². The summed E-state index contributed by atoms with van der Waals surface area (Å²) >= 11 is 1.68. The van der Waals surface area contributed by atoms with Crippen molar-refractivity contribution in [3.8, 4) is 56.2 Å². The van der Waals surface area contributed by atoms with Crippen LogP contribution in [-0.2, 0) is 0 Å². The number of fused-ring (bicyclic) bond motifs is 5. The highest BCUT2D eigenvalue weighted by Gasteiger charge is 2.19. The second-order valence-corrected chi connectivity index (χ2v) is 12.7. The average molecular weight is 650 g/mol. The second-order valence-electron chi connectivity index (χ2n) is 11.7. The van der Waals surface area contributed by atoms with Gasteiger partial charge in [-0.1, -0.05) is 91.0 Å². The molecule has 0 aliphatic heterocycles. The van der Waals surface area contributed by atoms with E-state index in [9.17, 15) is 0 Å². The zero-order valence-electron chi connectivity index (χ0n) is 25.7. The lowest BCUT2D eigenvalue weighted by Gasteiger charge is -2.09. The van der Waals surface area contributed by atoms with E-state index in [0.29, 0.717) is 23.4 Å². The molecule has 4 aromatic heterocycles. The summed E-state index contributed by atoms with van der Waals surface area (Å²) in [5.74, 6) is 2.30. The van der Waals surface area contributed by atoms with Crippen molar-refractivity contribution >= 4 is 54.6 Å². The fourth-order valence-electron chi connectivity index (χ4n) is 6.24. The van der Waals surface area contributed by atoms with Crippen LogP contribution < -0.4 is 0 Å². The Balaban J connectivity index is 1.10. The molecule has 10 aromatic rings. The van der Waals surface area contributed by atoms with E-state index in [1.54, 1.807) is 11.3 Å². The minimum absolute atomic E-state index is 0.549. The van der Waals surface area contributed by atoms with Crippen LogP contribution in [0, 0.1) is 0 Å². The van der Waals surface area contributed by atoms with E-state index in [1.165, 1.54) is 4.70 Å². The number of hydrogen-bond acceptors (Lipinski definition) is 8. The molecule has 6 aromatic carbocycles. The Morgan fingerprint density at radius 1 is 0.429 bits per heavy atom. The Kier molecular flexibility index (Phi) is 6.22. The van der Waals surface area contributed by atoms with Crippen LogP contribution >= 0.6 is 11.3 Å². The summed E-state index contributed by atoms with van der Waals surface area (Å²) in [4.78, 5) is 24.5. The zero-order valence-corrected chi connectivity index (χ0v) is 26.6. The van der Waals surface area contributed by atoms with Gasteiger partial charge in [-0.05, 0) is 48.5 Å². The third-order valence-corrected chi connectivity index (χ3v) is 9.72. The lowest BCUT2D eigenvalue weighted by atomic mass is 10.0. The van der Waals surface area contributed by atoms with E-state index >= 15 is 0 Å². The number of benzene rings is 6. The van der Waals surface area contributed by atoms with Crippen LogP contribution in [-0.4, -0.2) is 24.9 Å². The van der Waals surface area contributed by atoms with Crippen LogP contribution in [0.4, 0.5) is 0 Å². The number of hydrogen-bond donors (Lipinski definition) is 0. The zero-order chi connectivity index (χ0) is 32.3. The van der Waals surface area contributed by atoms with Crippen molar-refractivity contribution in [1.82, 2.24) is 24.9 Å². The molecule has 8 heteroatoms. The van der Waals surface area contributed by atoms with Gasteiger partial charge in [0.1, 0.15) is 21.7 Å². The SMILES string of the molecule is c1ccc(-c2nc(-c3ccc(-c4nc5ccccc5s4)cc3)nc(-c3cccc4oc5cc(-c6nc7ccccc7o6)ccc5c34)n2)cc1. The van der Waals surface area contributed by atoms with Crippen LogP contribution in [0.3, 0.4) is 0 Å². The summed E-state index contributed by atoms with van der Waals surface area (Å²) in [6.45, 7) is 0. The fourth-order valence-corrected chi connectivity index (χ4v) is 7.21. The smallest absolute Gasteiger partial charge is 0.227 e. The molecule has 49 heavy (non-hydrogen) atoms. The second kappa shape index (κ2) is 11.0. The quantitative estimate of drug-likeness (QED) is 0.183. The molecule has 0 aliphatic rings. The molecule has 7 nitrogen and oxygen atoms in total. The number of nitrogens with zero attached hydrogens (tertiary/aromatic N) is 5. The van der Waals surface area contributed by atoms with Gasteiger partial charge < -0.3 is 8.83 Å². The van der Waals surface area contributed by atoms with Gasteiger partial charge in [0.15, 0.2) is 23.1 Å². The molecule has 0 bridgehead atoms. The highest BCUT2D eigenvalue weighted by molar-refractivity contribution is 7.21. The number of aromatic nitrogens is 5. The Labute approximate surface area is 283 Å². The molecule has 0 unspecified atom stereocenters. The van der Waals surface area contributed by atoms with E-state index in [-0.39, 0.29) is 0 Å². The Morgan fingerprint density at radius 2 is 1.10 bits per heavy atom. The van der Waals surface area contributed by atoms with E-state index in [2.05, 4.69) is 41.4 Å². The van der Waals surface area contributed by atoms with Crippen molar-refractivity contribution in [2.24, 2.45) is 0 Å². The maximum absolute atomic E-state index is 6.41. The van der Waals surface area contributed by atoms with E-state index in [1.807, 2.05) is 103 Å². The molecule has 0 amide bonds. The minimum atomic E-state index is 0.549. The van der Waals surface area contributed by atoms with Crippen LogP contribution in [0.2, 0.25) is 0 Å². The van der Waals surface area contributed by atoms with Gasteiger partial charge in [0.05, 0.1) is 10.2 Å². The molecule has 4 heterocycles. The van der Waals surface area contributed by atoms with E-state index in [0.717, 1.165) is 71.4 Å². The molecule has 10 rings (SSSR count). The van der Waals surface area contributed by atoms with Gasteiger partial charge in [-0.15, -0.1) is 11.3 Å². The average Bonchev–Trinajstić information content (AvgIpc) is 3.90. The van der Waals surface area contributed by atoms with Crippen LogP contribution in [0.1, 0.15) is 0 Å². The lowest BCUT2D eigenvalue weighted by molar-refractivity contribution is 0.619. The number of oxazole rings is 1. The van der Waals surface area contributed by atoms with Crippen molar-refractivity contribution in [3.05, 3.63) is 140 Å². The maximum atomic E-state index is 6.41. The van der Waals surface area contributed by atoms with Gasteiger partial charge in [0.25, 0.3) is 0 Å². The number of furan rings is 1. The van der Waals surface area contributed by atoms with Crippen molar-refractivity contribution < 1.29 is 8.83 Å². The normalized spacial score (nSPS) is 11.7. The van der Waals surface area contributed by atoms with Gasteiger partial charge in [-0.25, -0.2) is 24.9 Å². The summed E-state index contributed by atoms with van der Waals surface area (Å²) < 4.78 is 13.6. The highest BCUT2D eigenvalue weighted by Crippen LogP contribution is 2.39. The molecule has 0 atom stereocenters. The number of thiazole rings is 1. The van der Waals surface area contributed by atoms with E-state index < -0.39 is 0 Å². The first-order valence-electron chi connectivity index (χ1n) is 15.8. The maximum Gasteiger partial charge on any atom is 0.227 e. The molecule has 0 radical (unpaired) electrons. The van der Waals surface area contributed by atoms with Crippen molar-refractivity contribution in [1.29, 1.82) is 0 Å². The number of rotatable bonds is 5. The summed E-state index contributed by atoms with van der Waals surface area (Å²) in [5.41, 5.74) is 8.58. The van der Waals surface area contributed by atoms with Crippen molar-refractivity contribution in [2.75, 3.05) is 0 Å². The molecule has 0 aliphatic carbocycles. The van der Waals surface area contributed by atoms with Gasteiger partial charge in [0.2, 0.25) is 5.89 Å². The Bertz CT molecular complexity index is 2770. The van der Waals surface area contributed by atoms with Gasteiger partial charge >= 0.3 is 0 Å². The molecular formula is C41H23N5O2S. The summed E-state index contributed by atoms with van der Waals surface area (Å²) in [5, 5.41) is 2.87. The molecule has 0 saturated carbocycles. The molecule has 0 saturated heterocycles. The highest BCUT2D eigenvalue weighted by atomic mass is 32.1. The third-order valence-electron chi connectivity index (χ3n) is 8.63. The molecule has 0 spiro atoms. The van der Waals surface area contributed by atoms with Gasteiger partial charge in [-0.2, -0.15) is 0 Å². The molecular weight excluding hydrogens is 627 g/mol. The summed E-state index contributed by atoms with van der Waals surface area (Å²) in [6.07, 6.45) is 0. The standard InChI is InChI=1S/C41H23N5O2S/c1-2-9-24(10-3-1)37-44-38(25-17-19-26(20-18-25)41-43-31-13-5-7-16-35(31)49-41)46-39(45-37)29-11-8-15-33-36(29)28-22-21-27(23-34(28)47-33)40-42-30-12-4-6-14-32(30)48-40/h1-23H.